The Kier molecular flexibility index (Phi) is 7.26. The van der Waals surface area contributed by atoms with Crippen molar-refractivity contribution in [1.29, 1.82) is 0 Å². The van der Waals surface area contributed by atoms with Crippen molar-refractivity contribution in [3.8, 4) is 0 Å². The molecule has 4 aliphatic rings. The van der Waals surface area contributed by atoms with Gasteiger partial charge >= 0.3 is 204 Å². The van der Waals surface area contributed by atoms with Crippen LogP contribution in [0.2, 0.25) is 0 Å². The monoisotopic (exact) mass is 576 g/mol. The molecule has 10 heteroatoms. The number of amides is 3. The molecule has 0 aromatic rings. The Bertz CT molecular complexity index is 815. The third-order valence-electron chi connectivity index (χ3n) is 6.51. The van der Waals surface area contributed by atoms with Crippen molar-refractivity contribution in [2.24, 2.45) is 11.7 Å². The number of ether oxygens (including phenoxy) is 1. The molecule has 9 nitrogen and oxygen atoms in total. The zero-order valence-electron chi connectivity index (χ0n) is 19.8. The Morgan fingerprint density at radius 1 is 1.27 bits per heavy atom. The molecule has 5 atom stereocenters. The van der Waals surface area contributed by atoms with Crippen LogP contribution in [0.25, 0.3) is 0 Å². The van der Waals surface area contributed by atoms with Crippen molar-refractivity contribution in [2.75, 3.05) is 6.54 Å². The number of nitrogens with zero attached hydrogens (tertiary/aromatic N) is 1. The second-order valence-electron chi connectivity index (χ2n) is 10.3. The first kappa shape index (κ1) is 24.7. The molecule has 0 bridgehead atoms. The normalized spacial score (nSPS) is 37.1. The molecule has 3 amide bonds. The van der Waals surface area contributed by atoms with Crippen LogP contribution in [0.4, 0.5) is 4.79 Å². The van der Waals surface area contributed by atoms with Crippen LogP contribution in [0.3, 0.4) is 0 Å². The molecule has 33 heavy (non-hydrogen) atoms. The van der Waals surface area contributed by atoms with Crippen molar-refractivity contribution in [2.45, 2.75) is 97.6 Å². The van der Waals surface area contributed by atoms with Crippen molar-refractivity contribution < 1.29 is 22.2 Å². The van der Waals surface area contributed by atoms with Gasteiger partial charge in [0.05, 0.1) is 0 Å². The first-order chi connectivity index (χ1) is 15.6. The standard InChI is InChI=1S/C23H37IN4O5/c1-22(2,3)32-21(31)26-16-11-8-6-4-5-7-10-15-14-23(15,24-20(25)33-24)27-18(29)17-12-9-13-28(17)19(16)30/h7,10,15-17,20H,4-6,8-9,11-14,25H2,1-3H3,(H,26,31)(H,27,29)/b10-7-/t15-,16+,17+,20?,23-/m1/s1. The Morgan fingerprint density at radius 2 is 2.03 bits per heavy atom. The quantitative estimate of drug-likeness (QED) is 0.153. The number of alkyl carbamates (subject to hydrolysis) is 1. The van der Waals surface area contributed by atoms with Gasteiger partial charge in [0.15, 0.2) is 0 Å². The predicted octanol–water partition coefficient (Wildman–Crippen LogP) is 2.92. The SMILES string of the molecule is CC(C)(C)OC(=O)N[C@H]1CCCCC/C=C\[C@@H]2C[C@@]2(I2OC2N)NC(=O)[C@@H]2CCCN2C1=O. The third-order valence-corrected chi connectivity index (χ3v) is 11.9. The van der Waals surface area contributed by atoms with Crippen molar-refractivity contribution in [1.82, 2.24) is 15.5 Å². The van der Waals surface area contributed by atoms with Gasteiger partial charge in [-0.25, -0.2) is 0 Å². The van der Waals surface area contributed by atoms with Gasteiger partial charge in [0.2, 0.25) is 0 Å². The Labute approximate surface area is 203 Å². The van der Waals surface area contributed by atoms with Crippen LogP contribution in [0.15, 0.2) is 12.2 Å². The van der Waals surface area contributed by atoms with E-state index in [9.17, 15) is 14.4 Å². The number of nitrogens with one attached hydrogen (secondary N) is 2. The number of halogens is 1. The van der Waals surface area contributed by atoms with E-state index in [1.807, 2.05) is 0 Å². The Hall–Kier alpha value is -1.40. The van der Waals surface area contributed by atoms with E-state index in [-0.39, 0.29) is 25.5 Å². The van der Waals surface area contributed by atoms with E-state index >= 15 is 0 Å². The maximum absolute atomic E-state index is 13.5. The summed E-state index contributed by atoms with van der Waals surface area (Å²) in [5.41, 5.74) is 5.38. The molecule has 0 spiro atoms. The molecule has 3 heterocycles. The average molecular weight is 576 g/mol. The average Bonchev–Trinajstić information content (AvgIpc) is 3.55. The molecule has 3 aliphatic heterocycles. The summed E-state index contributed by atoms with van der Waals surface area (Å²) < 4.78 is 10.6. The molecule has 3 fully saturated rings. The number of hydrogen-bond acceptors (Lipinski definition) is 6. The summed E-state index contributed by atoms with van der Waals surface area (Å²) >= 11 is -1.90. The summed E-state index contributed by atoms with van der Waals surface area (Å²) in [6.45, 7) is 5.89. The van der Waals surface area contributed by atoms with Gasteiger partial charge in [-0.05, 0) is 0 Å². The van der Waals surface area contributed by atoms with Crippen LogP contribution in [0, 0.1) is 5.92 Å². The molecule has 186 valence electrons. The van der Waals surface area contributed by atoms with Gasteiger partial charge in [0.1, 0.15) is 0 Å². The molecule has 1 aliphatic carbocycles. The fourth-order valence-corrected chi connectivity index (χ4v) is 9.82. The Balaban J connectivity index is 1.51. The topological polar surface area (TPSA) is 126 Å². The maximum atomic E-state index is 13.5. The van der Waals surface area contributed by atoms with Crippen molar-refractivity contribution >= 4 is 38.1 Å². The number of alkyl halides is 2. The third kappa shape index (κ3) is 5.82. The van der Waals surface area contributed by atoms with E-state index in [4.69, 9.17) is 13.5 Å². The number of allylic oxidation sites excluding steroid dienone is 1. The van der Waals surface area contributed by atoms with Gasteiger partial charge in [-0.1, -0.05) is 0 Å². The van der Waals surface area contributed by atoms with Crippen molar-refractivity contribution in [3.05, 3.63) is 12.2 Å². The van der Waals surface area contributed by atoms with Gasteiger partial charge in [0.25, 0.3) is 0 Å². The first-order valence-corrected chi connectivity index (χ1v) is 15.2. The van der Waals surface area contributed by atoms with Crippen LogP contribution >= 0.6 is 20.2 Å². The summed E-state index contributed by atoms with van der Waals surface area (Å²) in [7, 11) is 0. The molecule has 4 rings (SSSR count). The molecule has 1 unspecified atom stereocenters. The van der Waals surface area contributed by atoms with E-state index < -0.39 is 44.0 Å². The van der Waals surface area contributed by atoms with Gasteiger partial charge in [-0.3, -0.25) is 0 Å². The second kappa shape index (κ2) is 9.69. The van der Waals surface area contributed by atoms with Crippen LogP contribution in [-0.2, 0) is 17.4 Å². The van der Waals surface area contributed by atoms with Crippen molar-refractivity contribution in [3.63, 3.8) is 0 Å². The molecule has 0 aromatic heterocycles. The van der Waals surface area contributed by atoms with Crippen LogP contribution in [-0.4, -0.2) is 54.8 Å². The zero-order chi connectivity index (χ0) is 23.8. The summed E-state index contributed by atoms with van der Waals surface area (Å²) in [5.74, 6) is -0.0498. The van der Waals surface area contributed by atoms with Gasteiger partial charge in [0, 0.05) is 0 Å². The number of nitrogens with two attached hydrogens (primary N) is 1. The first-order valence-electron chi connectivity index (χ1n) is 12.0. The predicted molar refractivity (Wildman–Crippen MR) is 132 cm³/mol. The number of fused-ring (bicyclic) bond motifs is 2. The summed E-state index contributed by atoms with van der Waals surface area (Å²) in [6.07, 6.45) is 10.3. The van der Waals surface area contributed by atoms with Crippen LogP contribution < -0.4 is 16.4 Å². The van der Waals surface area contributed by atoms with Gasteiger partial charge < -0.3 is 0 Å². The summed E-state index contributed by atoms with van der Waals surface area (Å²) in [6, 6.07) is -1.23. The fraction of sp³-hybridized carbons (Fsp3) is 0.783. The summed E-state index contributed by atoms with van der Waals surface area (Å²) in [4.78, 5) is 41.0. The van der Waals surface area contributed by atoms with Crippen LogP contribution in [0.1, 0.15) is 72.1 Å². The molecular weight excluding hydrogens is 539 g/mol. The van der Waals surface area contributed by atoms with E-state index in [0.29, 0.717) is 19.4 Å². The molecular formula is C23H37IN4O5. The van der Waals surface area contributed by atoms with E-state index in [1.54, 1.807) is 25.7 Å². The minimum absolute atomic E-state index is 0.123. The second-order valence-corrected chi connectivity index (χ2v) is 15.6. The fourth-order valence-electron chi connectivity index (χ4n) is 4.78. The summed E-state index contributed by atoms with van der Waals surface area (Å²) in [5, 5.41) is 6.05. The molecule has 2 saturated heterocycles. The number of rotatable bonds is 2. The zero-order valence-corrected chi connectivity index (χ0v) is 21.9. The molecule has 4 N–H and O–H groups in total. The number of carbonyl (C=O) groups excluding carboxylic acids is 3. The van der Waals surface area contributed by atoms with Gasteiger partial charge in [-0.15, -0.1) is 0 Å². The van der Waals surface area contributed by atoms with Gasteiger partial charge in [-0.2, -0.15) is 0 Å². The van der Waals surface area contributed by atoms with E-state index in [0.717, 1.165) is 38.5 Å². The Morgan fingerprint density at radius 3 is 2.73 bits per heavy atom. The minimum atomic E-state index is -1.90. The number of carbonyl (C=O) groups is 3. The molecule has 1 saturated carbocycles. The van der Waals surface area contributed by atoms with E-state index in [2.05, 4.69) is 22.8 Å². The van der Waals surface area contributed by atoms with Crippen LogP contribution in [0.5, 0.6) is 0 Å². The van der Waals surface area contributed by atoms with E-state index in [1.165, 1.54) is 0 Å². The molecule has 0 radical (unpaired) electrons. The molecule has 0 aromatic carbocycles. The number of hydrogen-bond donors (Lipinski definition) is 3.